The summed E-state index contributed by atoms with van der Waals surface area (Å²) in [6, 6.07) is 6.72. The van der Waals surface area contributed by atoms with Gasteiger partial charge < -0.3 is 4.72 Å². The Hall–Kier alpha value is -1.38. The van der Waals surface area contributed by atoms with Gasteiger partial charge in [0, 0.05) is 46.5 Å². The molecule has 120 valence electrons. The van der Waals surface area contributed by atoms with Gasteiger partial charge in [-0.15, -0.1) is 0 Å². The summed E-state index contributed by atoms with van der Waals surface area (Å²) in [6.07, 6.45) is 3.28. The average Bonchev–Trinajstić information content (AvgIpc) is 2.92. The zero-order chi connectivity index (χ0) is 17.0. The molecule has 1 aromatic carbocycles. The van der Waals surface area contributed by atoms with E-state index in [1.807, 2.05) is 27.3 Å². The van der Waals surface area contributed by atoms with Crippen LogP contribution in [-0.4, -0.2) is 16.0 Å². The first-order chi connectivity index (χ1) is 11.1. The standard InChI is InChI=1S/C14H11FIN3O2S2/c1-3-8(7-17)14(20)12-4-9-5-13(21-15)10(18-22-2)6-11(9)19(12)23-16/h3-6,18H,1-2H3/b8-3+. The Kier molecular flexibility index (Phi) is 6.20. The lowest BCUT2D eigenvalue weighted by atomic mass is 10.1. The van der Waals surface area contributed by atoms with Crippen LogP contribution in [0.1, 0.15) is 17.4 Å². The van der Waals surface area contributed by atoms with Crippen LogP contribution in [0.5, 0.6) is 5.75 Å². The number of allylic oxidation sites excluding steroid dienone is 2. The Labute approximate surface area is 153 Å². The zero-order valence-electron chi connectivity index (χ0n) is 12.1. The number of carbonyl (C=O) groups excluding carboxylic acids is 1. The molecular formula is C14H11FIN3O2S2. The maximum atomic E-state index is 12.7. The number of hydrogen-bond acceptors (Lipinski definition) is 6. The predicted octanol–water partition coefficient (Wildman–Crippen LogP) is 5.09. The van der Waals surface area contributed by atoms with E-state index >= 15 is 0 Å². The number of nitrogens with one attached hydrogen (secondary N) is 1. The number of benzene rings is 1. The van der Waals surface area contributed by atoms with E-state index in [9.17, 15) is 9.32 Å². The van der Waals surface area contributed by atoms with E-state index in [4.69, 9.17) is 5.26 Å². The van der Waals surface area contributed by atoms with E-state index in [0.29, 0.717) is 16.8 Å². The fourth-order valence-corrected chi connectivity index (χ4v) is 4.18. The first kappa shape index (κ1) is 18.0. The molecule has 2 aromatic rings. The van der Waals surface area contributed by atoms with E-state index in [2.05, 4.69) is 9.66 Å². The summed E-state index contributed by atoms with van der Waals surface area (Å²) in [6.45, 7) is 1.64. The molecule has 1 N–H and O–H groups in total. The maximum Gasteiger partial charge on any atom is 0.220 e. The van der Waals surface area contributed by atoms with E-state index in [1.54, 1.807) is 29.3 Å². The molecule has 0 saturated carbocycles. The van der Waals surface area contributed by atoms with Crippen LogP contribution in [0.3, 0.4) is 0 Å². The third kappa shape index (κ3) is 3.44. The van der Waals surface area contributed by atoms with Crippen molar-refractivity contribution in [3.8, 4) is 11.8 Å². The number of Topliss-reactive ketones (excluding diaryl/α,β-unsaturated/α-hetero) is 1. The van der Waals surface area contributed by atoms with Gasteiger partial charge in [0.1, 0.15) is 11.8 Å². The van der Waals surface area contributed by atoms with Crippen molar-refractivity contribution in [2.45, 2.75) is 6.92 Å². The molecule has 0 unspecified atom stereocenters. The Bertz CT molecular complexity index is 830. The molecule has 1 aromatic heterocycles. The van der Waals surface area contributed by atoms with Gasteiger partial charge in [-0.1, -0.05) is 18.0 Å². The molecule has 0 aliphatic carbocycles. The van der Waals surface area contributed by atoms with Crippen LogP contribution >= 0.6 is 42.3 Å². The SMILES string of the molecule is C/C=C(\C#N)C(=O)c1cc2cc(OF)c(NSC)cc2n1SI. The molecule has 0 bridgehead atoms. The number of fused-ring (bicyclic) bond motifs is 1. The van der Waals surface area contributed by atoms with Crippen molar-refractivity contribution in [1.82, 2.24) is 3.97 Å². The molecular weight excluding hydrogens is 452 g/mol. The summed E-state index contributed by atoms with van der Waals surface area (Å²) < 4.78 is 17.4. The monoisotopic (exact) mass is 463 g/mol. The number of halogens is 2. The molecule has 0 fully saturated rings. The fraction of sp³-hybridized carbons (Fsp3) is 0.143. The number of hydrogen-bond donors (Lipinski definition) is 1. The van der Waals surface area contributed by atoms with Crippen molar-refractivity contribution in [2.75, 3.05) is 11.0 Å². The van der Waals surface area contributed by atoms with Gasteiger partial charge in [0.05, 0.1) is 16.8 Å². The van der Waals surface area contributed by atoms with Crippen molar-refractivity contribution in [2.24, 2.45) is 0 Å². The molecule has 0 aliphatic heterocycles. The highest BCUT2D eigenvalue weighted by atomic mass is 127. The van der Waals surface area contributed by atoms with Gasteiger partial charge in [-0.05, 0) is 25.1 Å². The lowest BCUT2D eigenvalue weighted by molar-refractivity contribution is -0.00504. The number of anilines is 1. The van der Waals surface area contributed by atoms with Crippen LogP contribution in [0, 0.1) is 11.3 Å². The summed E-state index contributed by atoms with van der Waals surface area (Å²) >= 11 is 3.35. The highest BCUT2D eigenvalue weighted by Gasteiger charge is 2.21. The van der Waals surface area contributed by atoms with Gasteiger partial charge in [0.25, 0.3) is 0 Å². The van der Waals surface area contributed by atoms with E-state index in [0.717, 1.165) is 5.52 Å². The molecule has 23 heavy (non-hydrogen) atoms. The third-order valence-corrected chi connectivity index (χ3v) is 5.25. The minimum absolute atomic E-state index is 0.0352. The van der Waals surface area contributed by atoms with Gasteiger partial charge in [-0.3, -0.25) is 13.7 Å². The van der Waals surface area contributed by atoms with Gasteiger partial charge in [-0.2, -0.15) is 5.26 Å². The van der Waals surface area contributed by atoms with E-state index < -0.39 is 0 Å². The van der Waals surface area contributed by atoms with Crippen LogP contribution in [-0.2, 0) is 0 Å². The summed E-state index contributed by atoms with van der Waals surface area (Å²) in [4.78, 5) is 16.4. The first-order valence-corrected chi connectivity index (χ1v) is 10.8. The molecule has 0 spiro atoms. The summed E-state index contributed by atoms with van der Waals surface area (Å²) in [5.74, 6) is -0.342. The molecule has 0 atom stereocenters. The second-order valence-corrected chi connectivity index (χ2v) is 6.62. The number of ketones is 1. The second kappa shape index (κ2) is 7.94. The average molecular weight is 463 g/mol. The van der Waals surface area contributed by atoms with Crippen molar-refractivity contribution in [3.63, 3.8) is 0 Å². The minimum Gasteiger partial charge on any atom is -0.327 e. The highest BCUT2D eigenvalue weighted by Crippen LogP contribution is 2.37. The topological polar surface area (TPSA) is 67.1 Å². The van der Waals surface area contributed by atoms with Crippen molar-refractivity contribution < 1.29 is 14.3 Å². The molecule has 0 saturated heterocycles. The number of nitrogens with zero attached hydrogens (tertiary/aromatic N) is 2. The van der Waals surface area contributed by atoms with Crippen LogP contribution < -0.4 is 9.66 Å². The van der Waals surface area contributed by atoms with E-state index in [1.165, 1.54) is 33.2 Å². The van der Waals surface area contributed by atoms with Gasteiger partial charge >= 0.3 is 0 Å². The van der Waals surface area contributed by atoms with Gasteiger partial charge in [0.15, 0.2) is 5.75 Å². The van der Waals surface area contributed by atoms with E-state index in [-0.39, 0.29) is 17.1 Å². The van der Waals surface area contributed by atoms with Crippen LogP contribution in [0.25, 0.3) is 10.9 Å². The van der Waals surface area contributed by atoms with Crippen LogP contribution in [0.4, 0.5) is 10.2 Å². The fourth-order valence-electron chi connectivity index (χ4n) is 2.08. The molecule has 0 radical (unpaired) electrons. The predicted molar refractivity (Wildman–Crippen MR) is 102 cm³/mol. The number of rotatable bonds is 6. The highest BCUT2D eigenvalue weighted by molar-refractivity contribution is 14.2. The lowest BCUT2D eigenvalue weighted by Crippen LogP contribution is -2.05. The Morgan fingerprint density at radius 3 is 2.78 bits per heavy atom. The quantitative estimate of drug-likeness (QED) is 0.212. The number of carbonyl (C=O) groups is 1. The molecule has 9 heteroatoms. The Morgan fingerprint density at radius 1 is 1.52 bits per heavy atom. The molecule has 5 nitrogen and oxygen atoms in total. The van der Waals surface area contributed by atoms with Crippen molar-refractivity contribution in [1.29, 1.82) is 5.26 Å². The molecule has 2 rings (SSSR count). The summed E-state index contributed by atoms with van der Waals surface area (Å²) in [5.41, 5.74) is 1.59. The normalized spacial score (nSPS) is 11.3. The number of aromatic nitrogens is 1. The van der Waals surface area contributed by atoms with Gasteiger partial charge in [0.2, 0.25) is 5.78 Å². The number of nitriles is 1. The first-order valence-electron chi connectivity index (χ1n) is 6.28. The summed E-state index contributed by atoms with van der Waals surface area (Å²) in [5, 5.41) is 9.70. The van der Waals surface area contributed by atoms with Crippen LogP contribution in [0.15, 0.2) is 29.8 Å². The third-order valence-electron chi connectivity index (χ3n) is 3.11. The largest absolute Gasteiger partial charge is 0.327 e. The lowest BCUT2D eigenvalue weighted by Gasteiger charge is -2.08. The smallest absolute Gasteiger partial charge is 0.220 e. The molecule has 0 aliphatic rings. The van der Waals surface area contributed by atoms with Crippen molar-refractivity contribution in [3.05, 3.63) is 35.5 Å². The molecule has 0 amide bonds. The van der Waals surface area contributed by atoms with Gasteiger partial charge in [-0.25, -0.2) is 0 Å². The maximum absolute atomic E-state index is 12.7. The Morgan fingerprint density at radius 2 is 2.26 bits per heavy atom. The second-order valence-electron chi connectivity index (χ2n) is 4.33. The summed E-state index contributed by atoms with van der Waals surface area (Å²) in [7, 11) is 1.30. The minimum atomic E-state index is -0.377. The van der Waals surface area contributed by atoms with Crippen LogP contribution in [0.2, 0.25) is 0 Å². The Balaban J connectivity index is 2.69. The zero-order valence-corrected chi connectivity index (χ0v) is 15.9. The molecule has 1 heterocycles. The van der Waals surface area contributed by atoms with Crippen molar-refractivity contribution >= 4 is 64.6 Å².